The number of anilines is 1. The smallest absolute Gasteiger partial charge is 0.354 e. The predicted octanol–water partition coefficient (Wildman–Crippen LogP) is 1.89. The second kappa shape index (κ2) is 5.35. The second-order valence-corrected chi connectivity index (χ2v) is 4.86. The van der Waals surface area contributed by atoms with Crippen molar-refractivity contribution in [3.63, 3.8) is 0 Å². The highest BCUT2D eigenvalue weighted by molar-refractivity contribution is 5.86. The zero-order valence-corrected chi connectivity index (χ0v) is 10.2. The molecule has 18 heavy (non-hydrogen) atoms. The molecular formula is C13H18N2O3. The highest BCUT2D eigenvalue weighted by atomic mass is 16.4. The molecule has 0 spiro atoms. The van der Waals surface area contributed by atoms with E-state index in [2.05, 4.69) is 10.3 Å². The van der Waals surface area contributed by atoms with Crippen molar-refractivity contribution < 1.29 is 15.0 Å². The number of carboxylic acids is 1. The fourth-order valence-electron chi connectivity index (χ4n) is 2.48. The number of carboxylic acid groups (broad SMARTS) is 1. The first-order valence-electron chi connectivity index (χ1n) is 6.24. The summed E-state index contributed by atoms with van der Waals surface area (Å²) in [5.74, 6) is -1.04. The molecule has 2 rings (SSSR count). The average molecular weight is 250 g/mol. The van der Waals surface area contributed by atoms with Crippen molar-refractivity contribution in [1.29, 1.82) is 0 Å². The Bertz CT molecular complexity index is 428. The first kappa shape index (κ1) is 12.8. The largest absolute Gasteiger partial charge is 0.477 e. The topological polar surface area (TPSA) is 82.5 Å². The molecule has 1 saturated carbocycles. The number of pyridine rings is 1. The number of hydrogen-bond donors (Lipinski definition) is 3. The van der Waals surface area contributed by atoms with Crippen LogP contribution in [0.3, 0.4) is 0 Å². The summed E-state index contributed by atoms with van der Waals surface area (Å²) >= 11 is 0. The van der Waals surface area contributed by atoms with Gasteiger partial charge in [0.1, 0.15) is 5.69 Å². The third-order valence-electron chi connectivity index (χ3n) is 3.50. The Hall–Kier alpha value is -1.62. The van der Waals surface area contributed by atoms with Gasteiger partial charge in [-0.3, -0.25) is 0 Å². The fourth-order valence-corrected chi connectivity index (χ4v) is 2.48. The maximum absolute atomic E-state index is 10.9. The van der Waals surface area contributed by atoms with Crippen LogP contribution < -0.4 is 5.32 Å². The number of aromatic carboxylic acids is 1. The van der Waals surface area contributed by atoms with Crippen LogP contribution >= 0.6 is 0 Å². The quantitative estimate of drug-likeness (QED) is 0.760. The van der Waals surface area contributed by atoms with E-state index in [-0.39, 0.29) is 17.8 Å². The molecule has 1 aliphatic carbocycles. The molecule has 1 heterocycles. The first-order valence-corrected chi connectivity index (χ1v) is 6.24. The summed E-state index contributed by atoms with van der Waals surface area (Å²) in [5, 5.41) is 21.8. The molecule has 0 atom stereocenters. The number of nitrogens with zero attached hydrogens (tertiary/aromatic N) is 1. The van der Waals surface area contributed by atoms with E-state index >= 15 is 0 Å². The Balaban J connectivity index is 2.16. The van der Waals surface area contributed by atoms with Crippen LogP contribution in [0.15, 0.2) is 18.3 Å². The van der Waals surface area contributed by atoms with E-state index in [1.54, 1.807) is 6.07 Å². The standard InChI is InChI=1S/C13H18N2O3/c16-9-13(5-2-1-3-6-13)15-10-4-7-14-11(8-10)12(17)18/h4,7-8,16H,1-3,5-6,9H2,(H,14,15)(H,17,18). The van der Waals surface area contributed by atoms with Crippen molar-refractivity contribution in [2.24, 2.45) is 0 Å². The van der Waals surface area contributed by atoms with Crippen molar-refractivity contribution in [2.75, 3.05) is 11.9 Å². The molecule has 0 aromatic carbocycles. The molecule has 5 heteroatoms. The molecule has 98 valence electrons. The summed E-state index contributed by atoms with van der Waals surface area (Å²) in [6.07, 6.45) is 6.66. The van der Waals surface area contributed by atoms with Gasteiger partial charge in [0.15, 0.2) is 0 Å². The molecule has 1 aromatic rings. The van der Waals surface area contributed by atoms with E-state index in [4.69, 9.17) is 5.11 Å². The number of aliphatic hydroxyl groups is 1. The lowest BCUT2D eigenvalue weighted by Crippen LogP contribution is -2.43. The van der Waals surface area contributed by atoms with Crippen molar-refractivity contribution in [1.82, 2.24) is 4.98 Å². The molecule has 1 aromatic heterocycles. The summed E-state index contributed by atoms with van der Waals surface area (Å²) in [4.78, 5) is 14.6. The normalized spacial score (nSPS) is 18.3. The summed E-state index contributed by atoms with van der Waals surface area (Å²) in [7, 11) is 0. The predicted molar refractivity (Wildman–Crippen MR) is 67.7 cm³/mol. The maximum atomic E-state index is 10.9. The van der Waals surface area contributed by atoms with E-state index < -0.39 is 5.97 Å². The van der Waals surface area contributed by atoms with Gasteiger partial charge in [-0.15, -0.1) is 0 Å². The molecule has 0 saturated heterocycles. The van der Waals surface area contributed by atoms with E-state index in [0.29, 0.717) is 5.69 Å². The highest BCUT2D eigenvalue weighted by Gasteiger charge is 2.31. The summed E-state index contributed by atoms with van der Waals surface area (Å²) in [6, 6.07) is 3.24. The molecule has 3 N–H and O–H groups in total. The van der Waals surface area contributed by atoms with Crippen LogP contribution in [-0.4, -0.2) is 33.3 Å². The van der Waals surface area contributed by atoms with E-state index in [1.165, 1.54) is 18.7 Å². The van der Waals surface area contributed by atoms with Gasteiger partial charge in [0.05, 0.1) is 12.1 Å². The van der Waals surface area contributed by atoms with Crippen LogP contribution in [0.4, 0.5) is 5.69 Å². The maximum Gasteiger partial charge on any atom is 0.354 e. The molecule has 0 amide bonds. The number of nitrogens with one attached hydrogen (secondary N) is 1. The highest BCUT2D eigenvalue weighted by Crippen LogP contribution is 2.31. The molecule has 0 aliphatic heterocycles. The number of hydrogen-bond acceptors (Lipinski definition) is 4. The van der Waals surface area contributed by atoms with E-state index in [0.717, 1.165) is 25.7 Å². The molecule has 0 radical (unpaired) electrons. The average Bonchev–Trinajstić information content (AvgIpc) is 2.40. The van der Waals surface area contributed by atoms with Gasteiger partial charge in [0, 0.05) is 11.9 Å². The Morgan fingerprint density at radius 1 is 1.39 bits per heavy atom. The molecule has 1 fully saturated rings. The van der Waals surface area contributed by atoms with Gasteiger partial charge in [0.25, 0.3) is 0 Å². The van der Waals surface area contributed by atoms with Crippen molar-refractivity contribution >= 4 is 11.7 Å². The van der Waals surface area contributed by atoms with Gasteiger partial charge >= 0.3 is 5.97 Å². The zero-order chi connectivity index (χ0) is 13.0. The van der Waals surface area contributed by atoms with Crippen LogP contribution in [0.2, 0.25) is 0 Å². The van der Waals surface area contributed by atoms with Crippen molar-refractivity contribution in [3.05, 3.63) is 24.0 Å². The van der Waals surface area contributed by atoms with Gasteiger partial charge in [-0.2, -0.15) is 0 Å². The monoisotopic (exact) mass is 250 g/mol. The van der Waals surface area contributed by atoms with Crippen LogP contribution in [0.1, 0.15) is 42.6 Å². The minimum Gasteiger partial charge on any atom is -0.477 e. The summed E-state index contributed by atoms with van der Waals surface area (Å²) in [5.41, 5.74) is 0.414. The third-order valence-corrected chi connectivity index (χ3v) is 3.50. The van der Waals surface area contributed by atoms with Gasteiger partial charge in [0.2, 0.25) is 0 Å². The number of aromatic nitrogens is 1. The first-order chi connectivity index (χ1) is 8.65. The lowest BCUT2D eigenvalue weighted by molar-refractivity contribution is 0.0690. The van der Waals surface area contributed by atoms with Gasteiger partial charge in [-0.25, -0.2) is 9.78 Å². The third kappa shape index (κ3) is 2.79. The van der Waals surface area contributed by atoms with E-state index in [9.17, 15) is 9.90 Å². The van der Waals surface area contributed by atoms with Gasteiger partial charge in [-0.05, 0) is 25.0 Å². The van der Waals surface area contributed by atoms with Crippen molar-refractivity contribution in [3.8, 4) is 0 Å². The van der Waals surface area contributed by atoms with Crippen molar-refractivity contribution in [2.45, 2.75) is 37.6 Å². The SMILES string of the molecule is O=C(O)c1cc(NC2(CO)CCCCC2)ccn1. The number of rotatable bonds is 4. The van der Waals surface area contributed by atoms with Crippen LogP contribution in [0.25, 0.3) is 0 Å². The molecule has 1 aliphatic rings. The minimum atomic E-state index is -1.04. The summed E-state index contributed by atoms with van der Waals surface area (Å²) < 4.78 is 0. The molecule has 0 bridgehead atoms. The van der Waals surface area contributed by atoms with Crippen LogP contribution in [0, 0.1) is 0 Å². The van der Waals surface area contributed by atoms with Gasteiger partial charge < -0.3 is 15.5 Å². The molecule has 5 nitrogen and oxygen atoms in total. The Labute approximate surface area is 106 Å². The minimum absolute atomic E-state index is 0.0175. The Morgan fingerprint density at radius 2 is 2.11 bits per heavy atom. The molecule has 0 unspecified atom stereocenters. The summed E-state index contributed by atoms with van der Waals surface area (Å²) in [6.45, 7) is 0.0672. The molecular weight excluding hydrogens is 232 g/mol. The Morgan fingerprint density at radius 3 is 2.72 bits per heavy atom. The fraction of sp³-hybridized carbons (Fsp3) is 0.538. The number of carbonyl (C=O) groups is 1. The van der Waals surface area contributed by atoms with Crippen LogP contribution in [-0.2, 0) is 0 Å². The van der Waals surface area contributed by atoms with Gasteiger partial charge in [-0.1, -0.05) is 19.3 Å². The lowest BCUT2D eigenvalue weighted by atomic mass is 9.82. The zero-order valence-electron chi connectivity index (χ0n) is 10.2. The Kier molecular flexibility index (Phi) is 3.81. The second-order valence-electron chi connectivity index (χ2n) is 4.86. The van der Waals surface area contributed by atoms with E-state index in [1.807, 2.05) is 0 Å². The number of aliphatic hydroxyl groups excluding tert-OH is 1. The lowest BCUT2D eigenvalue weighted by Gasteiger charge is -2.37. The van der Waals surface area contributed by atoms with Crippen LogP contribution in [0.5, 0.6) is 0 Å².